The number of benzene rings is 1. The molecule has 0 heterocycles. The van der Waals surface area contributed by atoms with E-state index in [0.29, 0.717) is 6.42 Å². The van der Waals surface area contributed by atoms with Gasteiger partial charge in [0, 0.05) is 24.0 Å². The number of halogens is 1. The normalized spacial score (nSPS) is 15.8. The minimum absolute atomic E-state index is 0.0794. The minimum Gasteiger partial charge on any atom is -0.486 e. The van der Waals surface area contributed by atoms with Crippen molar-refractivity contribution >= 4 is 5.69 Å². The Morgan fingerprint density at radius 1 is 1.56 bits per heavy atom. The molecule has 0 amide bonds. The van der Waals surface area contributed by atoms with Crippen LogP contribution in [0.3, 0.4) is 0 Å². The monoisotopic (exact) mass is 250 g/mol. The first-order chi connectivity index (χ1) is 8.56. The second kappa shape index (κ2) is 4.61. The van der Waals surface area contributed by atoms with E-state index >= 15 is 0 Å². The van der Waals surface area contributed by atoms with Gasteiger partial charge < -0.3 is 4.74 Å². The van der Waals surface area contributed by atoms with Gasteiger partial charge in [0.2, 0.25) is 0 Å². The summed E-state index contributed by atoms with van der Waals surface area (Å²) in [6, 6.07) is 5.17. The summed E-state index contributed by atoms with van der Waals surface area (Å²) in [5, 5.41) is 19.4. The summed E-state index contributed by atoms with van der Waals surface area (Å²) >= 11 is 0. The second-order valence-electron chi connectivity index (χ2n) is 4.49. The lowest BCUT2D eigenvalue weighted by Crippen LogP contribution is -2.13. The van der Waals surface area contributed by atoms with Gasteiger partial charge in [0.15, 0.2) is 5.75 Å². The van der Waals surface area contributed by atoms with Gasteiger partial charge in [-0.25, -0.2) is 4.39 Å². The minimum atomic E-state index is -0.612. The molecule has 0 saturated heterocycles. The molecule has 94 valence electrons. The molecule has 0 N–H and O–H groups in total. The van der Waals surface area contributed by atoms with Gasteiger partial charge in [0.1, 0.15) is 5.82 Å². The fourth-order valence-electron chi connectivity index (χ4n) is 1.70. The Morgan fingerprint density at radius 2 is 2.28 bits per heavy atom. The van der Waals surface area contributed by atoms with E-state index in [0.717, 1.165) is 31.0 Å². The molecule has 1 aliphatic rings. The molecule has 0 atom stereocenters. The zero-order chi connectivity index (χ0) is 13.2. The maximum atomic E-state index is 13.0. The van der Waals surface area contributed by atoms with Gasteiger partial charge in [-0.1, -0.05) is 0 Å². The summed E-state index contributed by atoms with van der Waals surface area (Å²) in [5.74, 6) is -0.662. The number of nitriles is 1. The predicted molar refractivity (Wildman–Crippen MR) is 60.4 cm³/mol. The van der Waals surface area contributed by atoms with E-state index in [1.54, 1.807) is 0 Å². The van der Waals surface area contributed by atoms with Crippen molar-refractivity contribution < 1.29 is 14.1 Å². The van der Waals surface area contributed by atoms with Gasteiger partial charge in [0.05, 0.1) is 17.6 Å². The smallest absolute Gasteiger partial charge is 0.311 e. The number of rotatable bonds is 5. The van der Waals surface area contributed by atoms with Crippen LogP contribution in [0.15, 0.2) is 18.2 Å². The van der Waals surface area contributed by atoms with Crippen LogP contribution in [0.4, 0.5) is 10.1 Å². The van der Waals surface area contributed by atoms with Gasteiger partial charge >= 0.3 is 5.69 Å². The first kappa shape index (κ1) is 12.3. The molecule has 1 aromatic rings. The van der Waals surface area contributed by atoms with Gasteiger partial charge in [-0.3, -0.25) is 10.1 Å². The first-order valence-electron chi connectivity index (χ1n) is 5.50. The number of ether oxygens (including phenoxy) is 1. The number of hydrogen-bond donors (Lipinski definition) is 0. The van der Waals surface area contributed by atoms with Crippen molar-refractivity contribution in [2.24, 2.45) is 5.41 Å². The summed E-state index contributed by atoms with van der Waals surface area (Å²) < 4.78 is 18.4. The number of nitrogens with zero attached hydrogens (tertiary/aromatic N) is 2. The largest absolute Gasteiger partial charge is 0.486 e. The van der Waals surface area contributed by atoms with Crippen LogP contribution in [0.2, 0.25) is 0 Å². The molecule has 5 nitrogen and oxygen atoms in total. The summed E-state index contributed by atoms with van der Waals surface area (Å²) in [5.41, 5.74) is -0.460. The lowest BCUT2D eigenvalue weighted by molar-refractivity contribution is -0.386. The second-order valence-corrected chi connectivity index (χ2v) is 4.49. The molecular formula is C12H11FN2O3. The Bertz CT molecular complexity index is 521. The van der Waals surface area contributed by atoms with Crippen molar-refractivity contribution in [2.45, 2.75) is 19.3 Å². The van der Waals surface area contributed by atoms with Crippen molar-refractivity contribution in [3.8, 4) is 11.8 Å². The molecule has 1 fully saturated rings. The third kappa shape index (κ3) is 2.56. The van der Waals surface area contributed by atoms with Gasteiger partial charge in [-0.2, -0.15) is 5.26 Å². The highest BCUT2D eigenvalue weighted by Gasteiger charge is 2.43. The van der Waals surface area contributed by atoms with E-state index in [2.05, 4.69) is 6.07 Å². The number of nitro groups is 1. The molecule has 2 rings (SSSR count). The highest BCUT2D eigenvalue weighted by Crippen LogP contribution is 2.49. The van der Waals surface area contributed by atoms with Crippen LogP contribution in [-0.4, -0.2) is 11.5 Å². The van der Waals surface area contributed by atoms with Crippen LogP contribution in [0.5, 0.6) is 5.75 Å². The number of nitro benzene ring substituents is 1. The van der Waals surface area contributed by atoms with Crippen molar-refractivity contribution in [3.05, 3.63) is 34.1 Å². The maximum Gasteiger partial charge on any atom is 0.311 e. The molecule has 1 saturated carbocycles. The molecule has 0 unspecified atom stereocenters. The highest BCUT2D eigenvalue weighted by atomic mass is 19.1. The zero-order valence-corrected chi connectivity index (χ0v) is 9.56. The average molecular weight is 250 g/mol. The summed E-state index contributed by atoms with van der Waals surface area (Å²) in [7, 11) is 0. The van der Waals surface area contributed by atoms with Crippen LogP contribution < -0.4 is 4.74 Å². The predicted octanol–water partition coefficient (Wildman–Crippen LogP) is 2.81. The lowest BCUT2D eigenvalue weighted by Gasteiger charge is -2.12. The van der Waals surface area contributed by atoms with Crippen LogP contribution in [0, 0.1) is 32.7 Å². The fourth-order valence-corrected chi connectivity index (χ4v) is 1.70. The SMILES string of the molecule is N#CCC1(COc2cc(F)ccc2[N+](=O)[O-])CC1. The Hall–Kier alpha value is -2.16. The van der Waals surface area contributed by atoms with Crippen LogP contribution in [0.25, 0.3) is 0 Å². The summed E-state index contributed by atoms with van der Waals surface area (Å²) in [4.78, 5) is 10.1. The van der Waals surface area contributed by atoms with E-state index in [1.807, 2.05) is 0 Å². The van der Waals surface area contributed by atoms with Crippen molar-refractivity contribution in [1.29, 1.82) is 5.26 Å². The van der Waals surface area contributed by atoms with Crippen LogP contribution in [-0.2, 0) is 0 Å². The molecule has 0 bridgehead atoms. The van der Waals surface area contributed by atoms with Crippen molar-refractivity contribution in [3.63, 3.8) is 0 Å². The molecule has 6 heteroatoms. The topological polar surface area (TPSA) is 76.2 Å². The third-order valence-corrected chi connectivity index (χ3v) is 3.06. The highest BCUT2D eigenvalue weighted by molar-refractivity contribution is 5.46. The molecule has 1 aromatic carbocycles. The standard InChI is InChI=1S/C12H11FN2O3/c13-9-1-2-10(15(16)17)11(7-9)18-8-12(3-4-12)5-6-14/h1-2,7H,3-5,8H2. The lowest BCUT2D eigenvalue weighted by atomic mass is 10.1. The Balaban J connectivity index is 2.11. The van der Waals surface area contributed by atoms with Gasteiger partial charge in [0.25, 0.3) is 0 Å². The summed E-state index contributed by atoms with van der Waals surface area (Å²) in [6.07, 6.45) is 2.09. The Morgan fingerprint density at radius 3 is 2.83 bits per heavy atom. The maximum absolute atomic E-state index is 13.0. The third-order valence-electron chi connectivity index (χ3n) is 3.06. The molecule has 18 heavy (non-hydrogen) atoms. The van der Waals surface area contributed by atoms with Crippen LogP contribution >= 0.6 is 0 Å². The molecule has 0 aliphatic heterocycles. The van der Waals surface area contributed by atoms with E-state index in [1.165, 1.54) is 0 Å². The Labute approximate surface area is 103 Å². The quantitative estimate of drug-likeness (QED) is 0.594. The zero-order valence-electron chi connectivity index (χ0n) is 9.56. The molecule has 0 radical (unpaired) electrons. The Kier molecular flexibility index (Phi) is 3.15. The molecule has 0 spiro atoms. The van der Waals surface area contributed by atoms with Gasteiger partial charge in [-0.05, 0) is 18.9 Å². The molecule has 1 aliphatic carbocycles. The van der Waals surface area contributed by atoms with Crippen LogP contribution in [0.1, 0.15) is 19.3 Å². The van der Waals surface area contributed by atoms with Crippen molar-refractivity contribution in [2.75, 3.05) is 6.61 Å². The fraction of sp³-hybridized carbons (Fsp3) is 0.417. The van der Waals surface area contributed by atoms with Gasteiger partial charge in [-0.15, -0.1) is 0 Å². The molecule has 0 aromatic heterocycles. The van der Waals surface area contributed by atoms with E-state index < -0.39 is 10.7 Å². The number of hydrogen-bond acceptors (Lipinski definition) is 4. The van der Waals surface area contributed by atoms with E-state index in [9.17, 15) is 14.5 Å². The average Bonchev–Trinajstić information content (AvgIpc) is 3.07. The first-order valence-corrected chi connectivity index (χ1v) is 5.50. The molecular weight excluding hydrogens is 239 g/mol. The summed E-state index contributed by atoms with van der Waals surface area (Å²) in [6.45, 7) is 0.213. The van der Waals surface area contributed by atoms with Crippen molar-refractivity contribution in [1.82, 2.24) is 0 Å². The van der Waals surface area contributed by atoms with E-state index in [-0.39, 0.29) is 23.5 Å². The van der Waals surface area contributed by atoms with E-state index in [4.69, 9.17) is 10.00 Å².